The molecule has 1 aliphatic heterocycles. The van der Waals surface area contributed by atoms with E-state index in [-0.39, 0.29) is 5.91 Å². The number of hydrogen-bond acceptors (Lipinski definition) is 10. The zero-order valence-electron chi connectivity index (χ0n) is 23.1. The smallest absolute Gasteiger partial charge is 0.493 e. The van der Waals surface area contributed by atoms with Crippen LogP contribution in [-0.4, -0.2) is 56.7 Å². The van der Waals surface area contributed by atoms with Crippen LogP contribution < -0.4 is 34.5 Å². The number of nitrogens with one attached hydrogen (secondary N) is 2. The number of rotatable bonds is 10. The van der Waals surface area contributed by atoms with E-state index in [2.05, 4.69) is 25.3 Å². The Kier molecular flexibility index (Phi) is 9.41. The Hall–Kier alpha value is -4.93. The number of carbonyl (C=O) groups is 1. The number of piperidine rings is 1. The molecule has 14 heteroatoms. The van der Waals surface area contributed by atoms with Crippen LogP contribution in [0.3, 0.4) is 0 Å². The molecule has 0 spiro atoms. The molecule has 2 aromatic carbocycles. The first-order valence-corrected chi connectivity index (χ1v) is 12.8. The second-order valence-corrected chi connectivity index (χ2v) is 9.25. The number of carbonyl (C=O) groups excluding carboxylic acids is 1. The summed E-state index contributed by atoms with van der Waals surface area (Å²) in [5, 5.41) is 15.5. The summed E-state index contributed by atoms with van der Waals surface area (Å²) >= 11 is 0. The van der Waals surface area contributed by atoms with Crippen LogP contribution >= 0.6 is 0 Å². The van der Waals surface area contributed by atoms with Gasteiger partial charge in [0.25, 0.3) is 0 Å². The van der Waals surface area contributed by atoms with Gasteiger partial charge in [0.1, 0.15) is 17.6 Å². The van der Waals surface area contributed by atoms with E-state index in [4.69, 9.17) is 14.2 Å². The van der Waals surface area contributed by atoms with Crippen LogP contribution in [0.4, 0.5) is 30.6 Å². The lowest BCUT2D eigenvalue weighted by atomic mass is 9.96. The average Bonchev–Trinajstić information content (AvgIpc) is 2.99. The highest BCUT2D eigenvalue weighted by Gasteiger charge is 2.31. The minimum absolute atomic E-state index is 0.316. The maximum Gasteiger partial charge on any atom is 0.573 e. The van der Waals surface area contributed by atoms with E-state index >= 15 is 0 Å². The molecule has 2 N–H and O–H groups in total. The maximum absolute atomic E-state index is 13.1. The van der Waals surface area contributed by atoms with Crippen molar-refractivity contribution in [1.29, 1.82) is 5.26 Å². The summed E-state index contributed by atoms with van der Waals surface area (Å²) in [7, 11) is 4.55. The molecular formula is C28H29F3N6O5. The number of alkyl halides is 3. The molecule has 2 unspecified atom stereocenters. The number of anilines is 3. The first-order valence-electron chi connectivity index (χ1n) is 12.8. The number of methoxy groups -OCH3 is 3. The van der Waals surface area contributed by atoms with Gasteiger partial charge in [-0.05, 0) is 36.6 Å². The second kappa shape index (κ2) is 13.2. The standard InChI is InChI=1S/C28H29F3N6O5/c1-39-22-13-19(14-23(40-2)25(22)41-3)34-27-33-11-10-24(36-27)37-12-4-5-18(16-37)26(38)35-21(15-32)17-6-8-20(9-7-17)42-28(29,30)31/h6-11,13-14,18,21H,4-5,12,16H2,1-3H3,(H,35,38)(H,33,34,36). The van der Waals surface area contributed by atoms with Crippen molar-refractivity contribution in [2.75, 3.05) is 44.6 Å². The van der Waals surface area contributed by atoms with Crippen molar-refractivity contribution in [2.45, 2.75) is 25.2 Å². The highest BCUT2D eigenvalue weighted by molar-refractivity contribution is 5.80. The molecule has 4 rings (SSSR count). The van der Waals surface area contributed by atoms with Crippen LogP contribution in [0, 0.1) is 17.2 Å². The molecule has 222 valence electrons. The van der Waals surface area contributed by atoms with Crippen molar-refractivity contribution in [3.63, 3.8) is 0 Å². The summed E-state index contributed by atoms with van der Waals surface area (Å²) in [5.41, 5.74) is 0.949. The first-order chi connectivity index (χ1) is 20.1. The summed E-state index contributed by atoms with van der Waals surface area (Å²) in [6.45, 7) is 1.01. The number of ether oxygens (including phenoxy) is 4. The fourth-order valence-electron chi connectivity index (χ4n) is 4.58. The molecule has 0 aliphatic carbocycles. The molecule has 1 fully saturated rings. The number of halogens is 3. The van der Waals surface area contributed by atoms with E-state index in [0.717, 1.165) is 12.1 Å². The average molecular weight is 587 g/mol. The lowest BCUT2D eigenvalue weighted by molar-refractivity contribution is -0.274. The van der Waals surface area contributed by atoms with Gasteiger partial charge in [-0.25, -0.2) is 4.98 Å². The zero-order valence-corrected chi connectivity index (χ0v) is 23.1. The highest BCUT2D eigenvalue weighted by Crippen LogP contribution is 2.40. The predicted molar refractivity (Wildman–Crippen MR) is 146 cm³/mol. The minimum Gasteiger partial charge on any atom is -0.493 e. The Morgan fingerprint density at radius 3 is 2.38 bits per heavy atom. The fourth-order valence-corrected chi connectivity index (χ4v) is 4.58. The summed E-state index contributed by atoms with van der Waals surface area (Å²) in [6, 6.07) is 11.0. The highest BCUT2D eigenvalue weighted by atomic mass is 19.4. The van der Waals surface area contributed by atoms with Crippen molar-refractivity contribution in [3.8, 4) is 29.1 Å². The minimum atomic E-state index is -4.82. The molecule has 11 nitrogen and oxygen atoms in total. The van der Waals surface area contributed by atoms with Crippen molar-refractivity contribution < 1.29 is 36.9 Å². The van der Waals surface area contributed by atoms with Crippen molar-refractivity contribution in [2.24, 2.45) is 5.92 Å². The molecule has 1 saturated heterocycles. The molecule has 42 heavy (non-hydrogen) atoms. The van der Waals surface area contributed by atoms with Crippen molar-refractivity contribution in [1.82, 2.24) is 15.3 Å². The lowest BCUT2D eigenvalue weighted by Crippen LogP contribution is -2.44. The summed E-state index contributed by atoms with van der Waals surface area (Å²) in [4.78, 5) is 24.0. The lowest BCUT2D eigenvalue weighted by Gasteiger charge is -2.33. The maximum atomic E-state index is 13.1. The van der Waals surface area contributed by atoms with Gasteiger partial charge < -0.3 is 34.5 Å². The molecular weight excluding hydrogens is 557 g/mol. The topological polar surface area (TPSA) is 131 Å². The van der Waals surface area contributed by atoms with E-state index in [0.29, 0.717) is 66.2 Å². The third kappa shape index (κ3) is 7.42. The van der Waals surface area contributed by atoms with Crippen LogP contribution in [-0.2, 0) is 4.79 Å². The van der Waals surface area contributed by atoms with Gasteiger partial charge in [-0.3, -0.25) is 4.79 Å². The number of hydrogen-bond donors (Lipinski definition) is 2. The van der Waals surface area contributed by atoms with E-state index < -0.39 is 24.1 Å². The van der Waals surface area contributed by atoms with Crippen LogP contribution in [0.15, 0.2) is 48.7 Å². The summed E-state index contributed by atoms with van der Waals surface area (Å²) < 4.78 is 57.3. The van der Waals surface area contributed by atoms with Crippen LogP contribution in [0.1, 0.15) is 24.4 Å². The Morgan fingerprint density at radius 1 is 1.10 bits per heavy atom. The first kappa shape index (κ1) is 30.0. The molecule has 1 amide bonds. The van der Waals surface area contributed by atoms with Crippen LogP contribution in [0.2, 0.25) is 0 Å². The Bertz CT molecular complexity index is 1410. The molecule has 0 radical (unpaired) electrons. The number of nitrogens with zero attached hydrogens (tertiary/aromatic N) is 4. The third-order valence-electron chi connectivity index (χ3n) is 6.54. The van der Waals surface area contributed by atoms with Gasteiger partial charge in [0.15, 0.2) is 11.5 Å². The molecule has 3 aromatic rings. The van der Waals surface area contributed by atoms with Gasteiger partial charge in [0, 0.05) is 37.1 Å². The third-order valence-corrected chi connectivity index (χ3v) is 6.54. The number of amides is 1. The van der Waals surface area contributed by atoms with Crippen molar-refractivity contribution in [3.05, 3.63) is 54.2 Å². The number of nitriles is 1. The molecule has 0 saturated carbocycles. The number of aromatic nitrogens is 2. The molecule has 2 atom stereocenters. The van der Waals surface area contributed by atoms with E-state index in [9.17, 15) is 23.2 Å². The van der Waals surface area contributed by atoms with Crippen molar-refractivity contribution >= 4 is 23.4 Å². The largest absolute Gasteiger partial charge is 0.573 e. The normalized spacial score (nSPS) is 15.6. The van der Waals surface area contributed by atoms with Gasteiger partial charge in [0.2, 0.25) is 17.6 Å². The van der Waals surface area contributed by atoms with Gasteiger partial charge in [0.05, 0.1) is 33.3 Å². The van der Waals surface area contributed by atoms with Gasteiger partial charge >= 0.3 is 6.36 Å². The Balaban J connectivity index is 1.42. The predicted octanol–water partition coefficient (Wildman–Crippen LogP) is 4.74. The van der Waals surface area contributed by atoms with E-state index in [1.54, 1.807) is 24.4 Å². The fraction of sp³-hybridized carbons (Fsp3) is 0.357. The summed E-state index contributed by atoms with van der Waals surface area (Å²) in [6.07, 6.45) is -1.92. The van der Waals surface area contributed by atoms with Gasteiger partial charge in [-0.1, -0.05) is 12.1 Å². The molecule has 1 aromatic heterocycles. The Morgan fingerprint density at radius 2 is 1.79 bits per heavy atom. The van der Waals surface area contributed by atoms with Gasteiger partial charge in [-0.15, -0.1) is 13.2 Å². The SMILES string of the molecule is COc1cc(Nc2nccc(N3CCCC(C(=O)NC(C#N)c4ccc(OC(F)(F)F)cc4)C3)n2)cc(OC)c1OC. The number of benzene rings is 2. The summed E-state index contributed by atoms with van der Waals surface area (Å²) in [5.74, 6) is 1.09. The van der Waals surface area contributed by atoms with Crippen LogP contribution in [0.5, 0.6) is 23.0 Å². The van der Waals surface area contributed by atoms with E-state index in [1.807, 2.05) is 11.0 Å². The van der Waals surface area contributed by atoms with Crippen LogP contribution in [0.25, 0.3) is 0 Å². The molecule has 2 heterocycles. The molecule has 1 aliphatic rings. The van der Waals surface area contributed by atoms with Gasteiger partial charge in [-0.2, -0.15) is 10.2 Å². The molecule has 0 bridgehead atoms. The zero-order chi connectivity index (χ0) is 30.3. The quantitative estimate of drug-likeness (QED) is 0.343. The monoisotopic (exact) mass is 586 g/mol. The van der Waals surface area contributed by atoms with E-state index in [1.165, 1.54) is 33.5 Å². The second-order valence-electron chi connectivity index (χ2n) is 9.25. The Labute approximate surface area is 240 Å².